The normalized spacial score (nSPS) is 18.1. The number of ether oxygens (including phenoxy) is 1. The van der Waals surface area contributed by atoms with Gasteiger partial charge in [0.25, 0.3) is 0 Å². The minimum Gasteiger partial charge on any atom is -0.376 e. The van der Waals surface area contributed by atoms with Gasteiger partial charge in [-0.05, 0) is 24.3 Å². The lowest BCUT2D eigenvalue weighted by molar-refractivity contribution is 0.115. The second-order valence-corrected chi connectivity index (χ2v) is 6.43. The number of nitrogens with zero attached hydrogens (tertiary/aromatic N) is 4. The molecule has 4 rings (SSSR count). The van der Waals surface area contributed by atoms with E-state index in [4.69, 9.17) is 4.74 Å². The largest absolute Gasteiger partial charge is 0.376 e. The fourth-order valence-corrected chi connectivity index (χ4v) is 3.56. The molecular formula is C15H17N5OS. The first kappa shape index (κ1) is 13.7. The van der Waals surface area contributed by atoms with Crippen LogP contribution in [0.2, 0.25) is 0 Å². The van der Waals surface area contributed by atoms with Crippen molar-refractivity contribution in [3.8, 4) is 0 Å². The van der Waals surface area contributed by atoms with Crippen LogP contribution < -0.4 is 4.90 Å². The van der Waals surface area contributed by atoms with E-state index in [1.807, 2.05) is 0 Å². The number of hydrogen-bond donors (Lipinski definition) is 1. The van der Waals surface area contributed by atoms with E-state index in [-0.39, 0.29) is 6.10 Å². The zero-order chi connectivity index (χ0) is 14.8. The van der Waals surface area contributed by atoms with Gasteiger partial charge in [0.05, 0.1) is 19.0 Å². The minimum absolute atomic E-state index is 0.271. The Labute approximate surface area is 132 Å². The van der Waals surface area contributed by atoms with Crippen molar-refractivity contribution in [1.29, 1.82) is 0 Å². The number of anilines is 1. The monoisotopic (exact) mass is 315 g/mol. The molecule has 1 saturated heterocycles. The number of imidazole rings is 1. The Kier molecular flexibility index (Phi) is 3.74. The molecule has 3 aromatic heterocycles. The van der Waals surface area contributed by atoms with Gasteiger partial charge < -0.3 is 14.6 Å². The van der Waals surface area contributed by atoms with E-state index in [2.05, 4.69) is 42.3 Å². The zero-order valence-corrected chi connectivity index (χ0v) is 12.9. The summed E-state index contributed by atoms with van der Waals surface area (Å²) in [4.78, 5) is 19.7. The number of H-pyrrole nitrogens is 1. The van der Waals surface area contributed by atoms with Crippen LogP contribution in [-0.2, 0) is 11.3 Å². The van der Waals surface area contributed by atoms with Crippen molar-refractivity contribution in [2.75, 3.05) is 18.1 Å². The molecule has 3 aromatic rings. The van der Waals surface area contributed by atoms with Gasteiger partial charge in [-0.1, -0.05) is 6.07 Å². The van der Waals surface area contributed by atoms with Gasteiger partial charge in [-0.3, -0.25) is 0 Å². The summed E-state index contributed by atoms with van der Waals surface area (Å²) in [6, 6.07) is 4.23. The summed E-state index contributed by atoms with van der Waals surface area (Å²) in [6.07, 6.45) is 5.76. The quantitative estimate of drug-likeness (QED) is 0.784. The zero-order valence-electron chi connectivity index (χ0n) is 12.1. The summed E-state index contributed by atoms with van der Waals surface area (Å²) in [7, 11) is 0. The smallest absolute Gasteiger partial charge is 0.182 e. The minimum atomic E-state index is 0.271. The molecule has 1 aliphatic heterocycles. The molecule has 7 heteroatoms. The second-order valence-electron chi connectivity index (χ2n) is 5.39. The summed E-state index contributed by atoms with van der Waals surface area (Å²) < 4.78 is 5.81. The molecule has 0 spiro atoms. The molecule has 0 aliphatic carbocycles. The van der Waals surface area contributed by atoms with Crippen molar-refractivity contribution in [2.45, 2.75) is 25.5 Å². The van der Waals surface area contributed by atoms with Crippen LogP contribution in [0.1, 0.15) is 17.7 Å². The van der Waals surface area contributed by atoms with Crippen LogP contribution in [0.3, 0.4) is 0 Å². The first-order valence-corrected chi connectivity index (χ1v) is 8.31. The molecule has 6 nitrogen and oxygen atoms in total. The van der Waals surface area contributed by atoms with E-state index < -0.39 is 0 Å². The lowest BCUT2D eigenvalue weighted by Crippen LogP contribution is -2.32. The SMILES string of the molecule is c1csc(CN(CC2CCCO2)c2ncnc3nc[nH]c23)c1. The van der Waals surface area contributed by atoms with Gasteiger partial charge in [-0.25, -0.2) is 15.0 Å². The van der Waals surface area contributed by atoms with Crippen molar-refractivity contribution >= 4 is 28.3 Å². The molecule has 4 heterocycles. The van der Waals surface area contributed by atoms with Crippen LogP contribution in [0, 0.1) is 0 Å². The number of rotatable bonds is 5. The molecule has 0 radical (unpaired) electrons. The molecule has 22 heavy (non-hydrogen) atoms. The van der Waals surface area contributed by atoms with Gasteiger partial charge >= 0.3 is 0 Å². The predicted molar refractivity (Wildman–Crippen MR) is 86.0 cm³/mol. The van der Waals surface area contributed by atoms with Crippen LogP contribution in [-0.4, -0.2) is 39.2 Å². The second kappa shape index (κ2) is 6.02. The third-order valence-electron chi connectivity index (χ3n) is 3.88. The first-order valence-electron chi connectivity index (χ1n) is 7.43. The molecule has 1 atom stereocenters. The highest BCUT2D eigenvalue weighted by Crippen LogP contribution is 2.25. The number of aromatic amines is 1. The molecule has 1 fully saturated rings. The molecule has 0 bridgehead atoms. The predicted octanol–water partition coefficient (Wildman–Crippen LogP) is 2.60. The van der Waals surface area contributed by atoms with Crippen molar-refractivity contribution < 1.29 is 4.74 Å². The maximum absolute atomic E-state index is 5.81. The maximum atomic E-state index is 5.81. The van der Waals surface area contributed by atoms with E-state index in [0.29, 0.717) is 5.65 Å². The van der Waals surface area contributed by atoms with E-state index >= 15 is 0 Å². The molecular weight excluding hydrogens is 298 g/mol. The van der Waals surface area contributed by atoms with Crippen LogP contribution in [0.25, 0.3) is 11.2 Å². The number of thiophene rings is 1. The van der Waals surface area contributed by atoms with Gasteiger partial charge in [0.2, 0.25) is 0 Å². The number of fused-ring (bicyclic) bond motifs is 1. The summed E-state index contributed by atoms with van der Waals surface area (Å²) in [5.41, 5.74) is 1.59. The Bertz CT molecular complexity index is 735. The lowest BCUT2D eigenvalue weighted by atomic mass is 10.2. The molecule has 114 valence electrons. The Morgan fingerprint density at radius 3 is 3.18 bits per heavy atom. The topological polar surface area (TPSA) is 66.9 Å². The average molecular weight is 315 g/mol. The van der Waals surface area contributed by atoms with Crippen LogP contribution in [0.5, 0.6) is 0 Å². The first-order chi connectivity index (χ1) is 10.9. The standard InChI is InChI=1S/C15H17N5OS/c1-3-11(21-5-1)7-20(8-12-4-2-6-22-12)15-13-14(17-9-16-13)18-10-19-15/h2,4,6,9-11H,1,3,5,7-8H2,(H,16,17,18,19). The third-order valence-corrected chi connectivity index (χ3v) is 4.74. The average Bonchev–Trinajstić information content (AvgIpc) is 3.28. The Balaban J connectivity index is 1.67. The van der Waals surface area contributed by atoms with E-state index in [1.54, 1.807) is 24.0 Å². The van der Waals surface area contributed by atoms with Gasteiger partial charge in [0.15, 0.2) is 11.5 Å². The van der Waals surface area contributed by atoms with Gasteiger partial charge in [-0.2, -0.15) is 0 Å². The summed E-state index contributed by atoms with van der Waals surface area (Å²) in [6.45, 7) is 2.52. The highest BCUT2D eigenvalue weighted by Gasteiger charge is 2.22. The van der Waals surface area contributed by atoms with E-state index in [0.717, 1.165) is 43.9 Å². The summed E-state index contributed by atoms with van der Waals surface area (Å²) in [5.74, 6) is 0.895. The Hall–Kier alpha value is -1.99. The van der Waals surface area contributed by atoms with Crippen molar-refractivity contribution in [1.82, 2.24) is 19.9 Å². The third kappa shape index (κ3) is 2.69. The van der Waals surface area contributed by atoms with E-state index in [9.17, 15) is 0 Å². The summed E-state index contributed by atoms with van der Waals surface area (Å²) >= 11 is 1.76. The fourth-order valence-electron chi connectivity index (χ4n) is 2.84. The highest BCUT2D eigenvalue weighted by atomic mass is 32.1. The molecule has 1 aliphatic rings. The lowest BCUT2D eigenvalue weighted by Gasteiger charge is -2.26. The van der Waals surface area contributed by atoms with Crippen LogP contribution >= 0.6 is 11.3 Å². The molecule has 1 N–H and O–H groups in total. The maximum Gasteiger partial charge on any atom is 0.182 e. The van der Waals surface area contributed by atoms with Crippen molar-refractivity contribution in [2.24, 2.45) is 0 Å². The highest BCUT2D eigenvalue weighted by molar-refractivity contribution is 7.09. The molecule has 0 aromatic carbocycles. The van der Waals surface area contributed by atoms with Crippen LogP contribution in [0.4, 0.5) is 5.82 Å². The Morgan fingerprint density at radius 1 is 1.36 bits per heavy atom. The van der Waals surface area contributed by atoms with E-state index in [1.165, 1.54) is 4.88 Å². The molecule has 1 unspecified atom stereocenters. The number of nitrogens with one attached hydrogen (secondary N) is 1. The van der Waals surface area contributed by atoms with Crippen molar-refractivity contribution in [3.63, 3.8) is 0 Å². The molecule has 0 amide bonds. The van der Waals surface area contributed by atoms with Gasteiger partial charge in [-0.15, -0.1) is 11.3 Å². The van der Waals surface area contributed by atoms with Crippen LogP contribution in [0.15, 0.2) is 30.2 Å². The molecule has 0 saturated carbocycles. The Morgan fingerprint density at radius 2 is 2.36 bits per heavy atom. The number of hydrogen-bond acceptors (Lipinski definition) is 6. The van der Waals surface area contributed by atoms with Gasteiger partial charge in [0.1, 0.15) is 11.8 Å². The summed E-state index contributed by atoms with van der Waals surface area (Å²) in [5, 5.41) is 2.10. The van der Waals surface area contributed by atoms with Crippen molar-refractivity contribution in [3.05, 3.63) is 35.0 Å². The van der Waals surface area contributed by atoms with Gasteiger partial charge in [0, 0.05) is 18.0 Å². The number of aromatic nitrogens is 4. The fraction of sp³-hybridized carbons (Fsp3) is 0.400.